The van der Waals surface area contributed by atoms with E-state index in [1.54, 1.807) is 18.2 Å². The van der Waals surface area contributed by atoms with Crippen molar-refractivity contribution in [1.82, 2.24) is 0 Å². The molecule has 0 fully saturated rings. The molecule has 42 heavy (non-hydrogen) atoms. The molecule has 1 heterocycles. The minimum atomic E-state index is -6.00. The van der Waals surface area contributed by atoms with Crippen LogP contribution in [0, 0.1) is 31.9 Å². The second-order valence-electron chi connectivity index (χ2n) is 8.77. The van der Waals surface area contributed by atoms with E-state index >= 15 is 0 Å². The first-order chi connectivity index (χ1) is 19.6. The van der Waals surface area contributed by atoms with E-state index in [4.69, 9.17) is 4.74 Å². The number of allylic oxidation sites excluding steroid dienone is 10. The van der Waals surface area contributed by atoms with Crippen molar-refractivity contribution >= 4 is 35.7 Å². The van der Waals surface area contributed by atoms with Gasteiger partial charge in [-0.2, -0.15) is 8.78 Å². The lowest BCUT2D eigenvalue weighted by atomic mass is 9.99. The maximum absolute atomic E-state index is 13.9. The van der Waals surface area contributed by atoms with E-state index in [1.807, 2.05) is 43.0 Å². The smallest absolute Gasteiger partial charge is 0.457 e. The molecule has 0 unspecified atom stereocenters. The molecule has 0 N–H and O–H groups in total. The van der Waals surface area contributed by atoms with E-state index in [2.05, 4.69) is 0 Å². The normalized spacial score (nSPS) is 15.3. The summed E-state index contributed by atoms with van der Waals surface area (Å²) >= 11 is 0. The zero-order valence-corrected chi connectivity index (χ0v) is 21.8. The lowest BCUT2D eigenvalue weighted by Gasteiger charge is -2.18. The molecule has 15 heteroatoms. The summed E-state index contributed by atoms with van der Waals surface area (Å²) in [5, 5.41) is 22.5. The molecule has 0 atom stereocenters. The van der Waals surface area contributed by atoms with E-state index in [0.717, 1.165) is 35.6 Å². The van der Waals surface area contributed by atoms with Gasteiger partial charge in [0.1, 0.15) is 25.6 Å². The Balaban J connectivity index is 0.000000892. The van der Waals surface area contributed by atoms with Crippen LogP contribution >= 0.6 is 0 Å². The van der Waals surface area contributed by atoms with E-state index in [0.29, 0.717) is 16.9 Å². The number of rotatable bonds is 5. The topological polar surface area (TPSA) is 98.5 Å². The first kappa shape index (κ1) is 31.3. The number of nitro benzene ring substituents is 2. The molecule has 2 aromatic carbocycles. The maximum Gasteiger partial charge on any atom is 0.673 e. The van der Waals surface area contributed by atoms with Crippen molar-refractivity contribution in [3.63, 3.8) is 0 Å². The van der Waals surface area contributed by atoms with Gasteiger partial charge < -0.3 is 22.0 Å². The summed E-state index contributed by atoms with van der Waals surface area (Å²) in [4.78, 5) is 20.8. The third-order valence-electron chi connectivity index (χ3n) is 5.57. The SMILES string of the molecule is C[N+](C)=C1C=CC(=CC=C2C=C(c3ccc(F)c([N+](=O)[O-])c3)C=C(c3ccc(F)c([N+](=O)[O-])c3)O2)C=C1.F[B-](F)(F)F. The summed E-state index contributed by atoms with van der Waals surface area (Å²) in [6.07, 6.45) is 14.2. The van der Waals surface area contributed by atoms with Crippen molar-refractivity contribution in [2.45, 2.75) is 0 Å². The summed E-state index contributed by atoms with van der Waals surface area (Å²) < 4.78 is 74.7. The molecule has 0 spiro atoms. The van der Waals surface area contributed by atoms with Gasteiger partial charge in [0.25, 0.3) is 0 Å². The molecule has 1 aliphatic carbocycles. The zero-order chi connectivity index (χ0) is 31.2. The van der Waals surface area contributed by atoms with Gasteiger partial charge in [-0.3, -0.25) is 20.2 Å². The predicted molar refractivity (Wildman–Crippen MR) is 145 cm³/mol. The Bertz CT molecular complexity index is 1630. The van der Waals surface area contributed by atoms with Gasteiger partial charge in [-0.05, 0) is 65.3 Å². The van der Waals surface area contributed by atoms with E-state index < -0.39 is 40.1 Å². The molecule has 0 saturated carbocycles. The van der Waals surface area contributed by atoms with Gasteiger partial charge in [0, 0.05) is 29.8 Å². The highest BCUT2D eigenvalue weighted by Crippen LogP contribution is 2.35. The Labute approximate surface area is 234 Å². The van der Waals surface area contributed by atoms with Crippen LogP contribution in [-0.4, -0.2) is 41.5 Å². The standard InChI is InChI=1S/C27H20F2N3O5.BF4/c1-30(2)21-8-3-17(4-9-21)5-10-22-13-20(18-6-11-23(28)25(14-18)31(33)34)16-27(37-22)19-7-12-24(29)26(15-19)32(35)36;2-1(3,4)5/h3-16H,1-2H3;/q+1;-1. The lowest BCUT2D eigenvalue weighted by Crippen LogP contribution is -2.09. The second-order valence-corrected chi connectivity index (χ2v) is 8.77. The molecule has 4 rings (SSSR count). The molecule has 8 nitrogen and oxygen atoms in total. The van der Waals surface area contributed by atoms with Crippen molar-refractivity contribution in [3.8, 4) is 0 Å². The molecular formula is C27H20BF6N3O5. The summed E-state index contributed by atoms with van der Waals surface area (Å²) in [5.74, 6) is -1.52. The van der Waals surface area contributed by atoms with Crippen LogP contribution in [0.5, 0.6) is 0 Å². The highest BCUT2D eigenvalue weighted by molar-refractivity contribution is 6.50. The fourth-order valence-corrected chi connectivity index (χ4v) is 3.61. The number of nitro groups is 2. The van der Waals surface area contributed by atoms with E-state index in [9.17, 15) is 46.3 Å². The van der Waals surface area contributed by atoms with Crippen LogP contribution < -0.4 is 0 Å². The Hall–Kier alpha value is -5.21. The zero-order valence-electron chi connectivity index (χ0n) is 21.8. The molecule has 1 aliphatic heterocycles. The highest BCUT2D eigenvalue weighted by Gasteiger charge is 2.22. The molecule has 218 valence electrons. The molecule has 0 radical (unpaired) electrons. The first-order valence-electron chi connectivity index (χ1n) is 11.8. The van der Waals surface area contributed by atoms with Crippen molar-refractivity contribution in [2.75, 3.05) is 14.1 Å². The van der Waals surface area contributed by atoms with Crippen molar-refractivity contribution < 1.29 is 45.2 Å². The molecule has 0 aromatic heterocycles. The Kier molecular flexibility index (Phi) is 9.68. The van der Waals surface area contributed by atoms with Crippen molar-refractivity contribution in [2.24, 2.45) is 0 Å². The fraction of sp³-hybridized carbons (Fsp3) is 0.0741. The average Bonchev–Trinajstić information content (AvgIpc) is 2.91. The van der Waals surface area contributed by atoms with Gasteiger partial charge >= 0.3 is 18.6 Å². The largest absolute Gasteiger partial charge is 0.673 e. The highest BCUT2D eigenvalue weighted by atomic mass is 19.5. The minimum Gasteiger partial charge on any atom is -0.457 e. The quantitative estimate of drug-likeness (QED) is 0.121. The van der Waals surface area contributed by atoms with Crippen LogP contribution in [0.2, 0.25) is 0 Å². The van der Waals surface area contributed by atoms with Gasteiger partial charge in [0.05, 0.1) is 9.85 Å². The predicted octanol–water partition coefficient (Wildman–Crippen LogP) is 7.19. The third-order valence-corrected chi connectivity index (χ3v) is 5.57. The Morgan fingerprint density at radius 2 is 1.26 bits per heavy atom. The maximum atomic E-state index is 13.9. The van der Waals surface area contributed by atoms with E-state index in [1.165, 1.54) is 18.2 Å². The molecular weight excluding hydrogens is 571 g/mol. The Morgan fingerprint density at radius 1 is 0.762 bits per heavy atom. The Morgan fingerprint density at radius 3 is 1.76 bits per heavy atom. The van der Waals surface area contributed by atoms with Crippen LogP contribution in [0.1, 0.15) is 11.1 Å². The van der Waals surface area contributed by atoms with Crippen LogP contribution in [0.25, 0.3) is 11.3 Å². The summed E-state index contributed by atoms with van der Waals surface area (Å²) in [6.45, 7) is 0. The monoisotopic (exact) mass is 591 g/mol. The minimum absolute atomic E-state index is 0.148. The van der Waals surface area contributed by atoms with E-state index in [-0.39, 0.29) is 11.3 Å². The van der Waals surface area contributed by atoms with Gasteiger partial charge in [0.2, 0.25) is 11.6 Å². The number of halogens is 6. The second kappa shape index (κ2) is 13.0. The molecule has 0 saturated heterocycles. The molecule has 0 bridgehead atoms. The van der Waals surface area contributed by atoms with Crippen molar-refractivity contribution in [1.29, 1.82) is 0 Å². The van der Waals surface area contributed by atoms with Crippen LogP contribution in [0.15, 0.2) is 96.3 Å². The number of nitrogens with zero attached hydrogens (tertiary/aromatic N) is 3. The number of benzene rings is 2. The van der Waals surface area contributed by atoms with Gasteiger partial charge in [-0.15, -0.1) is 0 Å². The average molecular weight is 591 g/mol. The van der Waals surface area contributed by atoms with Crippen molar-refractivity contribution in [3.05, 3.63) is 139 Å². The summed E-state index contributed by atoms with van der Waals surface area (Å²) in [7, 11) is -2.15. The number of ether oxygens (including phenoxy) is 1. The van der Waals surface area contributed by atoms with Crippen LogP contribution in [0.3, 0.4) is 0 Å². The summed E-state index contributed by atoms with van der Waals surface area (Å²) in [6, 6.07) is 6.78. The molecule has 2 aliphatic rings. The van der Waals surface area contributed by atoms with Gasteiger partial charge in [0.15, 0.2) is 5.71 Å². The third kappa shape index (κ3) is 8.65. The van der Waals surface area contributed by atoms with Crippen LogP contribution in [0.4, 0.5) is 37.4 Å². The fourth-order valence-electron chi connectivity index (χ4n) is 3.61. The number of hydrogen-bond acceptors (Lipinski definition) is 5. The van der Waals surface area contributed by atoms with Gasteiger partial charge in [-0.25, -0.2) is 4.58 Å². The number of hydrogen-bond donors (Lipinski definition) is 0. The molecule has 2 aromatic rings. The first-order valence-corrected chi connectivity index (χ1v) is 11.8. The lowest BCUT2D eigenvalue weighted by molar-refractivity contribution is -0.462. The van der Waals surface area contributed by atoms with Gasteiger partial charge in [-0.1, -0.05) is 12.1 Å². The van der Waals surface area contributed by atoms with Crippen LogP contribution in [-0.2, 0) is 4.74 Å². The molecule has 0 amide bonds. The summed E-state index contributed by atoms with van der Waals surface area (Å²) in [5.41, 5.74) is 1.43.